The van der Waals surface area contributed by atoms with Crippen LogP contribution in [0.25, 0.3) is 0 Å². The van der Waals surface area contributed by atoms with Crippen molar-refractivity contribution in [2.24, 2.45) is 13.0 Å². The number of hydrogen-bond acceptors (Lipinski definition) is 3. The largest absolute Gasteiger partial charge is 0.342 e. The van der Waals surface area contributed by atoms with Crippen molar-refractivity contribution in [1.29, 1.82) is 0 Å². The van der Waals surface area contributed by atoms with Crippen LogP contribution in [-0.4, -0.2) is 51.5 Å². The molecule has 0 radical (unpaired) electrons. The van der Waals surface area contributed by atoms with Crippen LogP contribution in [0.15, 0.2) is 42.7 Å². The van der Waals surface area contributed by atoms with Crippen LogP contribution in [0.2, 0.25) is 0 Å². The van der Waals surface area contributed by atoms with Crippen molar-refractivity contribution >= 4 is 11.8 Å². The van der Waals surface area contributed by atoms with E-state index in [1.807, 2.05) is 36.3 Å². The van der Waals surface area contributed by atoms with Crippen molar-refractivity contribution in [2.45, 2.75) is 19.4 Å². The van der Waals surface area contributed by atoms with E-state index in [1.165, 1.54) is 5.56 Å². The second kappa shape index (κ2) is 7.51. The quantitative estimate of drug-likeness (QED) is 0.800. The van der Waals surface area contributed by atoms with Gasteiger partial charge in [-0.15, -0.1) is 0 Å². The Balaban J connectivity index is 1.53. The fourth-order valence-electron chi connectivity index (χ4n) is 3.28. The van der Waals surface area contributed by atoms with E-state index in [1.54, 1.807) is 22.8 Å². The van der Waals surface area contributed by atoms with E-state index in [0.717, 1.165) is 12.0 Å². The Hall–Kier alpha value is -2.63. The van der Waals surface area contributed by atoms with Gasteiger partial charge < -0.3 is 9.80 Å². The van der Waals surface area contributed by atoms with Gasteiger partial charge in [-0.2, -0.15) is 5.10 Å². The molecule has 0 saturated carbocycles. The van der Waals surface area contributed by atoms with Gasteiger partial charge in [-0.3, -0.25) is 14.3 Å². The Labute approximate surface area is 148 Å². The monoisotopic (exact) mass is 340 g/mol. The van der Waals surface area contributed by atoms with Crippen molar-refractivity contribution in [3.8, 4) is 0 Å². The van der Waals surface area contributed by atoms with Crippen LogP contribution in [0.4, 0.5) is 0 Å². The minimum absolute atomic E-state index is 0.0272. The van der Waals surface area contributed by atoms with Gasteiger partial charge in [-0.05, 0) is 12.0 Å². The number of rotatable bonds is 6. The molecule has 0 unspecified atom stereocenters. The Kier molecular flexibility index (Phi) is 5.16. The summed E-state index contributed by atoms with van der Waals surface area (Å²) in [6.45, 7) is 1.70. The lowest BCUT2D eigenvalue weighted by molar-refractivity contribution is -0.135. The van der Waals surface area contributed by atoms with Crippen LogP contribution < -0.4 is 0 Å². The topological polar surface area (TPSA) is 58.4 Å². The highest BCUT2D eigenvalue weighted by molar-refractivity contribution is 5.89. The average Bonchev–Trinajstić information content (AvgIpc) is 3.18. The number of benzene rings is 1. The molecule has 3 rings (SSSR count). The molecule has 0 aliphatic carbocycles. The summed E-state index contributed by atoms with van der Waals surface area (Å²) >= 11 is 0. The first-order chi connectivity index (χ1) is 12.0. The summed E-state index contributed by atoms with van der Waals surface area (Å²) in [7, 11) is 3.64. The molecule has 132 valence electrons. The molecule has 1 aliphatic rings. The van der Waals surface area contributed by atoms with E-state index in [-0.39, 0.29) is 17.7 Å². The molecule has 1 saturated heterocycles. The number of nitrogens with zero attached hydrogens (tertiary/aromatic N) is 4. The van der Waals surface area contributed by atoms with Gasteiger partial charge in [0.05, 0.1) is 12.1 Å². The Morgan fingerprint density at radius 3 is 2.72 bits per heavy atom. The van der Waals surface area contributed by atoms with E-state index < -0.39 is 0 Å². The van der Waals surface area contributed by atoms with Crippen LogP contribution >= 0.6 is 0 Å². The molecule has 6 nitrogen and oxygen atoms in total. The van der Waals surface area contributed by atoms with Gasteiger partial charge >= 0.3 is 0 Å². The standard InChI is InChI=1S/C19H24N4O2/c1-21(12-16-11-20-22(2)13-16)19(25)17-10-18(24)23(14-17)9-8-15-6-4-3-5-7-15/h3-7,11,13,17H,8-10,12,14H2,1-2H3/t17-/m0/s1. The molecule has 2 heterocycles. The summed E-state index contributed by atoms with van der Waals surface area (Å²) in [4.78, 5) is 28.4. The molecule has 1 aromatic carbocycles. The summed E-state index contributed by atoms with van der Waals surface area (Å²) in [5, 5.41) is 4.12. The normalized spacial score (nSPS) is 17.1. The van der Waals surface area contributed by atoms with Gasteiger partial charge in [0.15, 0.2) is 0 Å². The first-order valence-electron chi connectivity index (χ1n) is 8.57. The van der Waals surface area contributed by atoms with E-state index in [9.17, 15) is 9.59 Å². The summed E-state index contributed by atoms with van der Waals surface area (Å²) in [5.74, 6) is -0.145. The van der Waals surface area contributed by atoms with Crippen LogP contribution in [0.3, 0.4) is 0 Å². The van der Waals surface area contributed by atoms with E-state index in [0.29, 0.717) is 26.1 Å². The highest BCUT2D eigenvalue weighted by atomic mass is 16.2. The number of hydrogen-bond donors (Lipinski definition) is 0. The maximum absolute atomic E-state index is 12.6. The van der Waals surface area contributed by atoms with Crippen LogP contribution in [0, 0.1) is 5.92 Å². The van der Waals surface area contributed by atoms with Gasteiger partial charge in [0.1, 0.15) is 0 Å². The predicted octanol–water partition coefficient (Wildman–Crippen LogP) is 1.47. The number of likely N-dealkylation sites (tertiary alicyclic amines) is 1. The van der Waals surface area contributed by atoms with Crippen LogP contribution in [-0.2, 0) is 29.6 Å². The Bertz CT molecular complexity index is 741. The third-order valence-corrected chi connectivity index (χ3v) is 4.63. The number of carbonyl (C=O) groups excluding carboxylic acids is 2. The Morgan fingerprint density at radius 1 is 1.28 bits per heavy atom. The zero-order valence-corrected chi connectivity index (χ0v) is 14.8. The Morgan fingerprint density at radius 2 is 2.04 bits per heavy atom. The average molecular weight is 340 g/mol. The molecule has 1 aromatic heterocycles. The molecule has 1 fully saturated rings. The van der Waals surface area contributed by atoms with Gasteiger partial charge in [-0.1, -0.05) is 30.3 Å². The number of aromatic nitrogens is 2. The minimum Gasteiger partial charge on any atom is -0.342 e. The van der Waals surface area contributed by atoms with Crippen molar-refractivity contribution in [2.75, 3.05) is 20.1 Å². The summed E-state index contributed by atoms with van der Waals surface area (Å²) in [5.41, 5.74) is 2.20. The molecule has 6 heteroatoms. The number of amides is 2. The molecule has 2 aromatic rings. The van der Waals surface area contributed by atoms with E-state index >= 15 is 0 Å². The fraction of sp³-hybridized carbons (Fsp3) is 0.421. The van der Waals surface area contributed by atoms with Crippen molar-refractivity contribution in [1.82, 2.24) is 19.6 Å². The molecule has 1 atom stereocenters. The zero-order chi connectivity index (χ0) is 17.8. The minimum atomic E-state index is -0.245. The van der Waals surface area contributed by atoms with Gasteiger partial charge in [0.25, 0.3) is 0 Å². The second-order valence-electron chi connectivity index (χ2n) is 6.69. The molecule has 25 heavy (non-hydrogen) atoms. The summed E-state index contributed by atoms with van der Waals surface area (Å²) in [6, 6.07) is 10.1. The lowest BCUT2D eigenvalue weighted by Crippen LogP contribution is -2.34. The zero-order valence-electron chi connectivity index (χ0n) is 14.8. The molecule has 1 aliphatic heterocycles. The van der Waals surface area contributed by atoms with E-state index in [2.05, 4.69) is 17.2 Å². The lowest BCUT2D eigenvalue weighted by Gasteiger charge is -2.21. The summed E-state index contributed by atoms with van der Waals surface area (Å²) < 4.78 is 1.72. The van der Waals surface area contributed by atoms with Crippen LogP contribution in [0.5, 0.6) is 0 Å². The third kappa shape index (κ3) is 4.26. The van der Waals surface area contributed by atoms with Crippen molar-refractivity contribution in [3.05, 3.63) is 53.9 Å². The van der Waals surface area contributed by atoms with Gasteiger partial charge in [-0.25, -0.2) is 0 Å². The number of aryl methyl sites for hydroxylation is 1. The lowest BCUT2D eigenvalue weighted by atomic mass is 10.1. The molecular formula is C19H24N4O2. The molecule has 0 N–H and O–H groups in total. The third-order valence-electron chi connectivity index (χ3n) is 4.63. The van der Waals surface area contributed by atoms with Crippen LogP contribution in [0.1, 0.15) is 17.5 Å². The maximum atomic E-state index is 12.6. The highest BCUT2D eigenvalue weighted by Gasteiger charge is 2.35. The van der Waals surface area contributed by atoms with Crippen molar-refractivity contribution < 1.29 is 9.59 Å². The molecule has 0 bridgehead atoms. The fourth-order valence-corrected chi connectivity index (χ4v) is 3.28. The number of carbonyl (C=O) groups is 2. The van der Waals surface area contributed by atoms with Gasteiger partial charge in [0.2, 0.25) is 11.8 Å². The first-order valence-corrected chi connectivity index (χ1v) is 8.57. The van der Waals surface area contributed by atoms with Crippen molar-refractivity contribution in [3.63, 3.8) is 0 Å². The SMILES string of the molecule is CN(Cc1cnn(C)c1)C(=O)[C@H]1CC(=O)N(CCc2ccccc2)C1. The smallest absolute Gasteiger partial charge is 0.228 e. The first kappa shape index (κ1) is 17.2. The molecule has 2 amide bonds. The van der Waals surface area contributed by atoms with Gasteiger partial charge in [0, 0.05) is 51.9 Å². The second-order valence-corrected chi connectivity index (χ2v) is 6.69. The molecular weight excluding hydrogens is 316 g/mol. The summed E-state index contributed by atoms with van der Waals surface area (Å²) in [6.07, 6.45) is 4.79. The predicted molar refractivity (Wildman–Crippen MR) is 94.5 cm³/mol. The van der Waals surface area contributed by atoms with E-state index in [4.69, 9.17) is 0 Å². The molecule has 0 spiro atoms. The maximum Gasteiger partial charge on any atom is 0.228 e. The highest BCUT2D eigenvalue weighted by Crippen LogP contribution is 2.21.